The summed E-state index contributed by atoms with van der Waals surface area (Å²) in [6.07, 6.45) is 8.15. The van der Waals surface area contributed by atoms with Gasteiger partial charge in [0.15, 0.2) is 0 Å². The molecule has 1 saturated carbocycles. The number of hydrogen-bond donors (Lipinski definition) is 0. The van der Waals surface area contributed by atoms with Gasteiger partial charge in [-0.25, -0.2) is 8.42 Å². The van der Waals surface area contributed by atoms with Gasteiger partial charge in [0, 0.05) is 18.0 Å². The van der Waals surface area contributed by atoms with Gasteiger partial charge < -0.3 is 0 Å². The Balaban J connectivity index is 1.80. The standard InChI is InChI=1S/C25H32ClNO2S/c1-20-18-25(15-6-2-3-7-16-25)27(19-22-8-4-5-9-24(20)22)30(28,29)23-12-10-21(11-13-23)14-17-26/h4-5,8-13,20H,2-3,6-7,14-19H2,1H3. The van der Waals surface area contributed by atoms with Gasteiger partial charge in [0.2, 0.25) is 10.0 Å². The van der Waals surface area contributed by atoms with Gasteiger partial charge in [0.05, 0.1) is 4.90 Å². The van der Waals surface area contributed by atoms with Crippen LogP contribution in [0.3, 0.4) is 0 Å². The van der Waals surface area contributed by atoms with E-state index in [2.05, 4.69) is 25.1 Å². The second-order valence-corrected chi connectivity index (χ2v) is 11.3. The zero-order chi connectivity index (χ0) is 21.2. The van der Waals surface area contributed by atoms with Gasteiger partial charge in [-0.2, -0.15) is 4.31 Å². The molecule has 0 bridgehead atoms. The minimum absolute atomic E-state index is 0.303. The first kappa shape index (κ1) is 21.9. The zero-order valence-electron chi connectivity index (χ0n) is 17.8. The molecule has 1 fully saturated rings. The van der Waals surface area contributed by atoms with Gasteiger partial charge in [-0.05, 0) is 60.4 Å². The summed E-state index contributed by atoms with van der Waals surface area (Å²) in [6, 6.07) is 15.7. The lowest BCUT2D eigenvalue weighted by Crippen LogP contribution is -2.50. The van der Waals surface area contributed by atoms with Gasteiger partial charge >= 0.3 is 0 Å². The Bertz CT molecular complexity index is 963. The van der Waals surface area contributed by atoms with Crippen molar-refractivity contribution < 1.29 is 8.42 Å². The van der Waals surface area contributed by atoms with E-state index in [-0.39, 0.29) is 5.54 Å². The number of benzene rings is 2. The SMILES string of the molecule is CC1CC2(CCCCCC2)N(S(=O)(=O)c2ccc(CCCl)cc2)Cc2ccccc21. The van der Waals surface area contributed by atoms with Crippen LogP contribution in [0.4, 0.5) is 0 Å². The van der Waals surface area contributed by atoms with Crippen LogP contribution in [0.5, 0.6) is 0 Å². The van der Waals surface area contributed by atoms with E-state index in [1.165, 1.54) is 18.4 Å². The van der Waals surface area contributed by atoms with Crippen LogP contribution in [0, 0.1) is 0 Å². The van der Waals surface area contributed by atoms with Crippen molar-refractivity contribution in [2.75, 3.05) is 5.88 Å². The second-order valence-electron chi connectivity index (χ2n) is 9.04. The van der Waals surface area contributed by atoms with Crippen LogP contribution in [0.15, 0.2) is 53.4 Å². The van der Waals surface area contributed by atoms with E-state index in [1.54, 1.807) is 12.1 Å². The summed E-state index contributed by atoms with van der Waals surface area (Å²) in [5.41, 5.74) is 3.22. The lowest BCUT2D eigenvalue weighted by Gasteiger charge is -2.42. The van der Waals surface area contributed by atoms with Crippen LogP contribution >= 0.6 is 11.6 Å². The number of rotatable bonds is 4. The fourth-order valence-electron chi connectivity index (χ4n) is 5.51. The van der Waals surface area contributed by atoms with Crippen LogP contribution in [0.1, 0.15) is 74.5 Å². The maximum atomic E-state index is 14.0. The molecule has 4 rings (SSSR count). The molecule has 30 heavy (non-hydrogen) atoms. The summed E-state index contributed by atoms with van der Waals surface area (Å²) in [7, 11) is -3.61. The highest BCUT2D eigenvalue weighted by atomic mass is 35.5. The predicted molar refractivity (Wildman–Crippen MR) is 124 cm³/mol. The molecule has 1 spiro atoms. The van der Waals surface area contributed by atoms with E-state index in [0.717, 1.165) is 49.7 Å². The molecule has 1 aliphatic carbocycles. The molecule has 2 aromatic carbocycles. The molecule has 0 aromatic heterocycles. The van der Waals surface area contributed by atoms with E-state index in [4.69, 9.17) is 11.6 Å². The Morgan fingerprint density at radius 1 is 1.00 bits per heavy atom. The van der Waals surface area contributed by atoms with E-state index >= 15 is 0 Å². The molecule has 5 heteroatoms. The summed E-state index contributed by atoms with van der Waals surface area (Å²) in [4.78, 5) is 0.400. The van der Waals surface area contributed by atoms with E-state index in [9.17, 15) is 8.42 Å². The summed E-state index contributed by atoms with van der Waals surface area (Å²) >= 11 is 5.85. The molecule has 162 valence electrons. The molecule has 1 heterocycles. The molecule has 1 aliphatic heterocycles. The molecule has 1 atom stereocenters. The second kappa shape index (κ2) is 9.02. The number of fused-ring (bicyclic) bond motifs is 1. The molecule has 0 radical (unpaired) electrons. The number of alkyl halides is 1. The molecule has 0 saturated heterocycles. The van der Waals surface area contributed by atoms with Crippen molar-refractivity contribution in [3.05, 3.63) is 65.2 Å². The van der Waals surface area contributed by atoms with Crippen molar-refractivity contribution in [1.29, 1.82) is 0 Å². The van der Waals surface area contributed by atoms with Crippen LogP contribution in [0.2, 0.25) is 0 Å². The summed E-state index contributed by atoms with van der Waals surface area (Å²) in [5, 5.41) is 0. The quantitative estimate of drug-likeness (QED) is 0.521. The summed E-state index contributed by atoms with van der Waals surface area (Å²) < 4.78 is 29.9. The van der Waals surface area contributed by atoms with Crippen LogP contribution in [-0.2, 0) is 23.0 Å². The Morgan fingerprint density at radius 2 is 1.67 bits per heavy atom. The lowest BCUT2D eigenvalue weighted by molar-refractivity contribution is 0.140. The first-order valence-corrected chi connectivity index (χ1v) is 13.2. The van der Waals surface area contributed by atoms with Gasteiger partial charge in [-0.1, -0.05) is 69.0 Å². The maximum Gasteiger partial charge on any atom is 0.243 e. The monoisotopic (exact) mass is 445 g/mol. The average Bonchev–Trinajstić information content (AvgIpc) is 3.05. The van der Waals surface area contributed by atoms with Crippen molar-refractivity contribution in [3.63, 3.8) is 0 Å². The Kier molecular flexibility index (Phi) is 6.57. The van der Waals surface area contributed by atoms with Gasteiger partial charge in [0.1, 0.15) is 0 Å². The van der Waals surface area contributed by atoms with E-state index in [1.807, 2.05) is 22.5 Å². The van der Waals surface area contributed by atoms with Crippen LogP contribution in [0.25, 0.3) is 0 Å². The van der Waals surface area contributed by atoms with E-state index in [0.29, 0.717) is 23.2 Å². The third-order valence-corrected chi connectivity index (χ3v) is 9.20. The number of sulfonamides is 1. The van der Waals surface area contributed by atoms with Crippen molar-refractivity contribution in [3.8, 4) is 0 Å². The first-order valence-electron chi connectivity index (χ1n) is 11.2. The Morgan fingerprint density at radius 3 is 2.33 bits per heavy atom. The smallest absolute Gasteiger partial charge is 0.207 e. The first-order chi connectivity index (χ1) is 14.5. The molecule has 0 amide bonds. The third-order valence-electron chi connectivity index (χ3n) is 7.04. The van der Waals surface area contributed by atoms with Gasteiger partial charge in [-0.3, -0.25) is 0 Å². The van der Waals surface area contributed by atoms with Crippen molar-refractivity contribution in [1.82, 2.24) is 4.31 Å². The van der Waals surface area contributed by atoms with E-state index < -0.39 is 10.0 Å². The highest BCUT2D eigenvalue weighted by Gasteiger charge is 2.46. The topological polar surface area (TPSA) is 37.4 Å². The summed E-state index contributed by atoms with van der Waals surface area (Å²) in [5.74, 6) is 0.890. The fraction of sp³-hybridized carbons (Fsp3) is 0.520. The minimum atomic E-state index is -3.61. The molecule has 2 aliphatic rings. The van der Waals surface area contributed by atoms with Crippen molar-refractivity contribution in [2.45, 2.75) is 81.2 Å². The number of nitrogens with zero attached hydrogens (tertiary/aromatic N) is 1. The number of hydrogen-bond acceptors (Lipinski definition) is 2. The maximum absolute atomic E-state index is 14.0. The highest BCUT2D eigenvalue weighted by Crippen LogP contribution is 2.46. The zero-order valence-corrected chi connectivity index (χ0v) is 19.4. The number of aryl methyl sites for hydroxylation is 1. The Hall–Kier alpha value is -1.36. The highest BCUT2D eigenvalue weighted by molar-refractivity contribution is 7.89. The minimum Gasteiger partial charge on any atom is -0.207 e. The van der Waals surface area contributed by atoms with Gasteiger partial charge in [-0.15, -0.1) is 11.6 Å². The average molecular weight is 446 g/mol. The molecule has 1 unspecified atom stereocenters. The molecular formula is C25H32ClNO2S. The van der Waals surface area contributed by atoms with Crippen molar-refractivity contribution >= 4 is 21.6 Å². The van der Waals surface area contributed by atoms with Crippen LogP contribution in [-0.4, -0.2) is 24.1 Å². The van der Waals surface area contributed by atoms with Crippen LogP contribution < -0.4 is 0 Å². The number of halogens is 1. The Labute approximate surface area is 186 Å². The molecule has 0 N–H and O–H groups in total. The molecule has 2 aromatic rings. The van der Waals surface area contributed by atoms with Gasteiger partial charge in [0.25, 0.3) is 0 Å². The lowest BCUT2D eigenvalue weighted by atomic mass is 9.80. The fourth-order valence-corrected chi connectivity index (χ4v) is 7.54. The normalized spacial score (nSPS) is 22.3. The largest absolute Gasteiger partial charge is 0.243 e. The molecule has 3 nitrogen and oxygen atoms in total. The van der Waals surface area contributed by atoms with Crippen molar-refractivity contribution in [2.24, 2.45) is 0 Å². The summed E-state index contributed by atoms with van der Waals surface area (Å²) in [6.45, 7) is 2.73. The third kappa shape index (κ3) is 4.19. The molecular weight excluding hydrogens is 414 g/mol. The predicted octanol–water partition coefficient (Wildman–Crippen LogP) is 6.26.